The molecule has 1 aliphatic rings. The number of nitrogens with zero attached hydrogens (tertiary/aromatic N) is 5. The van der Waals surface area contributed by atoms with Crippen molar-refractivity contribution >= 4 is 11.7 Å². The van der Waals surface area contributed by atoms with Gasteiger partial charge in [-0.15, -0.1) is 5.10 Å². The van der Waals surface area contributed by atoms with Crippen LogP contribution in [0, 0.1) is 12.8 Å². The molecular formula is C20H24N6O. The quantitative estimate of drug-likeness (QED) is 0.750. The first-order chi connectivity index (χ1) is 13.2. The third kappa shape index (κ3) is 4.14. The van der Waals surface area contributed by atoms with Crippen molar-refractivity contribution in [2.24, 2.45) is 5.92 Å². The van der Waals surface area contributed by atoms with Gasteiger partial charge in [-0.3, -0.25) is 9.69 Å². The molecule has 0 radical (unpaired) electrons. The zero-order chi connectivity index (χ0) is 18.6. The molecule has 0 aliphatic carbocycles. The number of nitrogens with one attached hydrogen (secondary N) is 1. The van der Waals surface area contributed by atoms with Crippen LogP contribution in [0.3, 0.4) is 0 Å². The van der Waals surface area contributed by atoms with Crippen LogP contribution in [0.25, 0.3) is 5.78 Å². The van der Waals surface area contributed by atoms with Crippen molar-refractivity contribution in [3.8, 4) is 0 Å². The van der Waals surface area contributed by atoms with E-state index in [1.54, 1.807) is 10.7 Å². The number of hydrogen-bond acceptors (Lipinski definition) is 5. The summed E-state index contributed by atoms with van der Waals surface area (Å²) in [6, 6.07) is 12.4. The molecule has 27 heavy (non-hydrogen) atoms. The van der Waals surface area contributed by atoms with Crippen LogP contribution in [0.2, 0.25) is 0 Å². The summed E-state index contributed by atoms with van der Waals surface area (Å²) < 4.78 is 1.59. The molecule has 0 saturated carbocycles. The fourth-order valence-corrected chi connectivity index (χ4v) is 3.51. The van der Waals surface area contributed by atoms with Crippen molar-refractivity contribution in [1.82, 2.24) is 29.8 Å². The normalized spacial score (nSPS) is 15.9. The van der Waals surface area contributed by atoms with E-state index in [-0.39, 0.29) is 11.7 Å². The minimum atomic E-state index is -0.230. The van der Waals surface area contributed by atoms with Gasteiger partial charge in [-0.2, -0.15) is 4.98 Å². The first-order valence-electron chi connectivity index (χ1n) is 9.42. The molecule has 1 aliphatic heterocycles. The van der Waals surface area contributed by atoms with Crippen LogP contribution in [-0.2, 0) is 6.54 Å². The minimum absolute atomic E-state index is 0.179. The molecule has 1 amide bonds. The van der Waals surface area contributed by atoms with Gasteiger partial charge in [-0.1, -0.05) is 30.3 Å². The Bertz CT molecular complexity index is 915. The molecule has 0 bridgehead atoms. The Morgan fingerprint density at radius 1 is 1.19 bits per heavy atom. The van der Waals surface area contributed by atoms with E-state index >= 15 is 0 Å². The number of piperidine rings is 1. The van der Waals surface area contributed by atoms with Crippen molar-refractivity contribution in [3.05, 3.63) is 59.7 Å². The van der Waals surface area contributed by atoms with Crippen LogP contribution in [0.5, 0.6) is 0 Å². The number of benzene rings is 1. The molecule has 1 fully saturated rings. The Kier molecular flexibility index (Phi) is 5.11. The van der Waals surface area contributed by atoms with Gasteiger partial charge < -0.3 is 5.32 Å². The van der Waals surface area contributed by atoms with E-state index < -0.39 is 0 Å². The average Bonchev–Trinajstić information content (AvgIpc) is 3.14. The lowest BCUT2D eigenvalue weighted by Crippen LogP contribution is -2.38. The lowest BCUT2D eigenvalue weighted by atomic mass is 9.96. The van der Waals surface area contributed by atoms with E-state index in [2.05, 4.69) is 49.5 Å². The van der Waals surface area contributed by atoms with Crippen molar-refractivity contribution in [2.45, 2.75) is 26.3 Å². The Morgan fingerprint density at radius 3 is 2.70 bits per heavy atom. The van der Waals surface area contributed by atoms with Gasteiger partial charge in [0.2, 0.25) is 5.82 Å². The molecule has 7 nitrogen and oxygen atoms in total. The van der Waals surface area contributed by atoms with Crippen LogP contribution < -0.4 is 5.32 Å². The highest BCUT2D eigenvalue weighted by atomic mass is 16.2. The first kappa shape index (κ1) is 17.6. The second kappa shape index (κ2) is 7.84. The largest absolute Gasteiger partial charge is 0.349 e. The van der Waals surface area contributed by atoms with E-state index in [0.29, 0.717) is 18.2 Å². The van der Waals surface area contributed by atoms with Gasteiger partial charge in [0.15, 0.2) is 0 Å². The number of likely N-dealkylation sites (tertiary alicyclic amines) is 1. The van der Waals surface area contributed by atoms with Crippen LogP contribution in [0.1, 0.15) is 34.7 Å². The predicted molar refractivity (Wildman–Crippen MR) is 102 cm³/mol. The third-order valence-corrected chi connectivity index (χ3v) is 5.14. The molecule has 0 spiro atoms. The zero-order valence-corrected chi connectivity index (χ0v) is 15.5. The number of carbonyl (C=O) groups is 1. The minimum Gasteiger partial charge on any atom is -0.349 e. The zero-order valence-electron chi connectivity index (χ0n) is 15.5. The number of aromatic nitrogens is 4. The molecule has 3 aromatic rings. The van der Waals surface area contributed by atoms with Crippen LogP contribution in [0.15, 0.2) is 42.6 Å². The monoisotopic (exact) mass is 364 g/mol. The van der Waals surface area contributed by atoms with Crippen molar-refractivity contribution in [2.75, 3.05) is 19.6 Å². The van der Waals surface area contributed by atoms with Crippen molar-refractivity contribution in [3.63, 3.8) is 0 Å². The van der Waals surface area contributed by atoms with Crippen LogP contribution in [-0.4, -0.2) is 50.0 Å². The highest BCUT2D eigenvalue weighted by Crippen LogP contribution is 2.18. The van der Waals surface area contributed by atoms with Crippen LogP contribution >= 0.6 is 0 Å². The lowest BCUT2D eigenvalue weighted by Gasteiger charge is -2.32. The van der Waals surface area contributed by atoms with Gasteiger partial charge in [0.25, 0.3) is 11.7 Å². The first-order valence-corrected chi connectivity index (χ1v) is 9.42. The molecular weight excluding hydrogens is 340 g/mol. The molecule has 2 aromatic heterocycles. The highest BCUT2D eigenvalue weighted by molar-refractivity contribution is 5.90. The maximum absolute atomic E-state index is 12.4. The van der Waals surface area contributed by atoms with Gasteiger partial charge >= 0.3 is 0 Å². The van der Waals surface area contributed by atoms with E-state index in [1.807, 2.05) is 19.1 Å². The summed E-state index contributed by atoms with van der Waals surface area (Å²) in [5, 5.41) is 7.25. The SMILES string of the molecule is Cc1ccnc2nc(C(=O)NCC3CCN(Cc4ccccc4)CC3)nn12. The van der Waals surface area contributed by atoms with Gasteiger partial charge in [-0.05, 0) is 50.4 Å². The van der Waals surface area contributed by atoms with E-state index in [1.165, 1.54) is 5.56 Å². The Balaban J connectivity index is 1.27. The third-order valence-electron chi connectivity index (χ3n) is 5.14. The maximum Gasteiger partial charge on any atom is 0.291 e. The summed E-state index contributed by atoms with van der Waals surface area (Å²) in [4.78, 5) is 23.2. The second-order valence-corrected chi connectivity index (χ2v) is 7.15. The number of carbonyl (C=O) groups excluding carboxylic acids is 1. The molecule has 7 heteroatoms. The second-order valence-electron chi connectivity index (χ2n) is 7.15. The van der Waals surface area contributed by atoms with Crippen molar-refractivity contribution in [1.29, 1.82) is 0 Å². The molecule has 1 saturated heterocycles. The molecule has 3 heterocycles. The average molecular weight is 364 g/mol. The summed E-state index contributed by atoms with van der Waals surface area (Å²) >= 11 is 0. The highest BCUT2D eigenvalue weighted by Gasteiger charge is 2.21. The van der Waals surface area contributed by atoms with Gasteiger partial charge in [-0.25, -0.2) is 9.50 Å². The molecule has 1 aromatic carbocycles. The van der Waals surface area contributed by atoms with Crippen molar-refractivity contribution < 1.29 is 4.79 Å². The van der Waals surface area contributed by atoms with E-state index in [9.17, 15) is 4.79 Å². The Hall–Kier alpha value is -2.80. The molecule has 0 unspecified atom stereocenters. The number of fused-ring (bicyclic) bond motifs is 1. The summed E-state index contributed by atoms with van der Waals surface area (Å²) in [6.45, 7) is 5.70. The topological polar surface area (TPSA) is 75.4 Å². The standard InChI is InChI=1S/C20H24N6O/c1-15-7-10-21-20-23-18(24-26(15)20)19(27)22-13-16-8-11-25(12-9-16)14-17-5-3-2-4-6-17/h2-7,10,16H,8-9,11-14H2,1H3,(H,22,27). The maximum atomic E-state index is 12.4. The predicted octanol–water partition coefficient (Wildman–Crippen LogP) is 2.07. The molecule has 4 rings (SSSR count). The van der Waals surface area contributed by atoms with Gasteiger partial charge in [0, 0.05) is 25.0 Å². The number of amides is 1. The number of rotatable bonds is 5. The number of aryl methyl sites for hydroxylation is 1. The number of hydrogen-bond donors (Lipinski definition) is 1. The van der Waals surface area contributed by atoms with Gasteiger partial charge in [0.1, 0.15) is 0 Å². The smallest absolute Gasteiger partial charge is 0.291 e. The van der Waals surface area contributed by atoms with Gasteiger partial charge in [0.05, 0.1) is 0 Å². The summed E-state index contributed by atoms with van der Waals surface area (Å²) in [6.07, 6.45) is 3.85. The fourth-order valence-electron chi connectivity index (χ4n) is 3.51. The van der Waals surface area contributed by atoms with E-state index in [4.69, 9.17) is 0 Å². The Labute approximate surface area is 158 Å². The summed E-state index contributed by atoms with van der Waals surface area (Å²) in [7, 11) is 0. The summed E-state index contributed by atoms with van der Waals surface area (Å²) in [5.74, 6) is 0.900. The molecule has 1 N–H and O–H groups in total. The molecule has 140 valence electrons. The summed E-state index contributed by atoms with van der Waals surface area (Å²) in [5.41, 5.74) is 2.25. The molecule has 0 atom stereocenters. The Morgan fingerprint density at radius 2 is 1.96 bits per heavy atom. The lowest BCUT2D eigenvalue weighted by molar-refractivity contribution is 0.0925. The van der Waals surface area contributed by atoms with Crippen LogP contribution in [0.4, 0.5) is 0 Å². The van der Waals surface area contributed by atoms with E-state index in [0.717, 1.165) is 38.2 Å². The fraction of sp³-hybridized carbons (Fsp3) is 0.400.